The molecule has 20 heavy (non-hydrogen) atoms. The molecule has 2 aromatic carbocycles. The van der Waals surface area contributed by atoms with Crippen molar-refractivity contribution in [1.29, 1.82) is 0 Å². The zero-order valence-corrected chi connectivity index (χ0v) is 12.0. The van der Waals surface area contributed by atoms with Gasteiger partial charge in [-0.3, -0.25) is 0 Å². The third kappa shape index (κ3) is 4.24. The molecule has 0 spiro atoms. The van der Waals surface area contributed by atoms with Crippen molar-refractivity contribution in [3.05, 3.63) is 96.1 Å². The summed E-state index contributed by atoms with van der Waals surface area (Å²) in [6.45, 7) is 7.60. The maximum absolute atomic E-state index is 3.80. The Morgan fingerprint density at radius 1 is 0.650 bits per heavy atom. The average Bonchev–Trinajstić information content (AvgIpc) is 2.47. The van der Waals surface area contributed by atoms with E-state index in [0.29, 0.717) is 0 Å². The summed E-state index contributed by atoms with van der Waals surface area (Å²) in [6.07, 6.45) is 7.98. The van der Waals surface area contributed by atoms with Gasteiger partial charge in [-0.05, 0) is 47.9 Å². The molecule has 0 aliphatic rings. The Labute approximate surface area is 122 Å². The van der Waals surface area contributed by atoms with Crippen LogP contribution in [0.5, 0.6) is 0 Å². The van der Waals surface area contributed by atoms with Crippen LogP contribution in [0.15, 0.2) is 73.8 Å². The van der Waals surface area contributed by atoms with E-state index in [2.05, 4.69) is 61.7 Å². The van der Waals surface area contributed by atoms with Crippen LogP contribution in [0.25, 0.3) is 0 Å². The second kappa shape index (κ2) is 7.49. The van der Waals surface area contributed by atoms with Gasteiger partial charge >= 0.3 is 0 Å². The Kier molecular flexibility index (Phi) is 5.37. The number of hydrogen-bond acceptors (Lipinski definition) is 0. The van der Waals surface area contributed by atoms with Crippen LogP contribution in [0.4, 0.5) is 0 Å². The van der Waals surface area contributed by atoms with Gasteiger partial charge in [0, 0.05) is 0 Å². The largest absolute Gasteiger partial charge is 0.103 e. The molecule has 0 heteroatoms. The lowest BCUT2D eigenvalue weighted by atomic mass is 10.00. The van der Waals surface area contributed by atoms with Gasteiger partial charge in [0.2, 0.25) is 0 Å². The molecule has 2 aromatic rings. The zero-order chi connectivity index (χ0) is 14.2. The molecule has 0 atom stereocenters. The van der Waals surface area contributed by atoms with Crippen LogP contribution in [0.2, 0.25) is 0 Å². The maximum Gasteiger partial charge on any atom is -0.0100 e. The number of rotatable bonds is 7. The predicted molar refractivity (Wildman–Crippen MR) is 88.1 cm³/mol. The Bertz CT molecular complexity index is 525. The fourth-order valence-corrected chi connectivity index (χ4v) is 2.45. The molecule has 0 heterocycles. The van der Waals surface area contributed by atoms with Gasteiger partial charge in [-0.15, -0.1) is 13.2 Å². The SMILES string of the molecule is C=CCc1cccc(CCc2cccc(CC=C)c2)c1. The van der Waals surface area contributed by atoms with Crippen molar-refractivity contribution in [1.82, 2.24) is 0 Å². The lowest BCUT2D eigenvalue weighted by molar-refractivity contribution is 0.952. The van der Waals surface area contributed by atoms with Crippen molar-refractivity contribution < 1.29 is 0 Å². The first-order valence-corrected chi connectivity index (χ1v) is 7.19. The van der Waals surface area contributed by atoms with E-state index < -0.39 is 0 Å². The van der Waals surface area contributed by atoms with Gasteiger partial charge in [-0.1, -0.05) is 60.7 Å². The molecule has 0 saturated carbocycles. The first kappa shape index (κ1) is 14.3. The summed E-state index contributed by atoms with van der Waals surface area (Å²) in [4.78, 5) is 0. The van der Waals surface area contributed by atoms with Crippen LogP contribution in [0, 0.1) is 0 Å². The summed E-state index contributed by atoms with van der Waals surface area (Å²) in [7, 11) is 0. The van der Waals surface area contributed by atoms with E-state index in [9.17, 15) is 0 Å². The average molecular weight is 262 g/mol. The minimum absolute atomic E-state index is 0.947. The highest BCUT2D eigenvalue weighted by molar-refractivity contribution is 5.28. The fraction of sp³-hybridized carbons (Fsp3) is 0.200. The van der Waals surface area contributed by atoms with Crippen LogP contribution in [-0.2, 0) is 25.7 Å². The fourth-order valence-electron chi connectivity index (χ4n) is 2.45. The highest BCUT2D eigenvalue weighted by Crippen LogP contribution is 2.12. The van der Waals surface area contributed by atoms with Gasteiger partial charge in [0.25, 0.3) is 0 Å². The number of hydrogen-bond donors (Lipinski definition) is 0. The monoisotopic (exact) mass is 262 g/mol. The Hall–Kier alpha value is -2.08. The molecule has 0 radical (unpaired) electrons. The molecule has 0 bridgehead atoms. The Morgan fingerprint density at radius 2 is 1.05 bits per heavy atom. The topological polar surface area (TPSA) is 0 Å². The minimum Gasteiger partial charge on any atom is -0.103 e. The molecule has 2 rings (SSSR count). The minimum atomic E-state index is 0.947. The summed E-state index contributed by atoms with van der Waals surface area (Å²) >= 11 is 0. The number of benzene rings is 2. The van der Waals surface area contributed by atoms with Gasteiger partial charge in [0.1, 0.15) is 0 Å². The standard InChI is InChI=1S/C20H22/c1-3-7-17-9-5-11-19(15-17)13-14-20-12-6-10-18(16-20)8-4-2/h3-6,9-12,15-16H,1-2,7-8,13-14H2. The van der Waals surface area contributed by atoms with E-state index >= 15 is 0 Å². The molecular weight excluding hydrogens is 240 g/mol. The lowest BCUT2D eigenvalue weighted by Crippen LogP contribution is -1.94. The van der Waals surface area contributed by atoms with Crippen molar-refractivity contribution >= 4 is 0 Å². The summed E-state index contributed by atoms with van der Waals surface area (Å²) in [6, 6.07) is 17.6. The van der Waals surface area contributed by atoms with Crippen LogP contribution in [0.1, 0.15) is 22.3 Å². The van der Waals surface area contributed by atoms with Crippen molar-refractivity contribution in [3.8, 4) is 0 Å². The molecule has 0 saturated heterocycles. The quantitative estimate of drug-likeness (QED) is 0.621. The third-order valence-electron chi connectivity index (χ3n) is 3.45. The van der Waals surface area contributed by atoms with E-state index in [1.54, 1.807) is 0 Å². The van der Waals surface area contributed by atoms with Crippen LogP contribution < -0.4 is 0 Å². The highest BCUT2D eigenvalue weighted by Gasteiger charge is 1.99. The zero-order valence-electron chi connectivity index (χ0n) is 12.0. The van der Waals surface area contributed by atoms with Crippen molar-refractivity contribution in [3.63, 3.8) is 0 Å². The first-order chi connectivity index (χ1) is 9.81. The van der Waals surface area contributed by atoms with E-state index in [-0.39, 0.29) is 0 Å². The normalized spacial score (nSPS) is 10.2. The molecule has 0 amide bonds. The molecule has 0 fully saturated rings. The smallest absolute Gasteiger partial charge is 0.0100 e. The van der Waals surface area contributed by atoms with Gasteiger partial charge in [-0.25, -0.2) is 0 Å². The van der Waals surface area contributed by atoms with E-state index in [1.165, 1.54) is 22.3 Å². The van der Waals surface area contributed by atoms with Crippen LogP contribution >= 0.6 is 0 Å². The van der Waals surface area contributed by atoms with Crippen molar-refractivity contribution in [2.75, 3.05) is 0 Å². The summed E-state index contributed by atoms with van der Waals surface area (Å²) in [5.74, 6) is 0. The predicted octanol–water partition coefficient (Wildman–Crippen LogP) is 4.93. The van der Waals surface area contributed by atoms with E-state index in [1.807, 2.05) is 12.2 Å². The second-order valence-corrected chi connectivity index (χ2v) is 5.13. The van der Waals surface area contributed by atoms with Gasteiger partial charge in [0.15, 0.2) is 0 Å². The van der Waals surface area contributed by atoms with Crippen LogP contribution in [-0.4, -0.2) is 0 Å². The van der Waals surface area contributed by atoms with Crippen LogP contribution in [0.3, 0.4) is 0 Å². The molecule has 0 unspecified atom stereocenters. The molecule has 0 aliphatic carbocycles. The number of allylic oxidation sites excluding steroid dienone is 2. The van der Waals surface area contributed by atoms with Gasteiger partial charge in [0.05, 0.1) is 0 Å². The second-order valence-electron chi connectivity index (χ2n) is 5.13. The lowest BCUT2D eigenvalue weighted by Gasteiger charge is -2.06. The molecule has 0 N–H and O–H groups in total. The maximum atomic E-state index is 3.80. The molecule has 0 aliphatic heterocycles. The summed E-state index contributed by atoms with van der Waals surface area (Å²) in [5, 5.41) is 0. The van der Waals surface area contributed by atoms with E-state index in [0.717, 1.165) is 25.7 Å². The van der Waals surface area contributed by atoms with Crippen molar-refractivity contribution in [2.45, 2.75) is 25.7 Å². The Balaban J connectivity index is 2.00. The van der Waals surface area contributed by atoms with Gasteiger partial charge in [-0.2, -0.15) is 0 Å². The first-order valence-electron chi connectivity index (χ1n) is 7.19. The summed E-state index contributed by atoms with van der Waals surface area (Å²) in [5.41, 5.74) is 5.49. The molecule has 102 valence electrons. The summed E-state index contributed by atoms with van der Waals surface area (Å²) < 4.78 is 0. The molecule has 0 aromatic heterocycles. The molecule has 0 nitrogen and oxygen atoms in total. The third-order valence-corrected chi connectivity index (χ3v) is 3.45. The molecular formula is C20H22. The van der Waals surface area contributed by atoms with E-state index in [4.69, 9.17) is 0 Å². The highest BCUT2D eigenvalue weighted by atomic mass is 14.0. The van der Waals surface area contributed by atoms with Crippen molar-refractivity contribution in [2.24, 2.45) is 0 Å². The Morgan fingerprint density at radius 3 is 1.45 bits per heavy atom. The number of aryl methyl sites for hydroxylation is 2. The van der Waals surface area contributed by atoms with Gasteiger partial charge < -0.3 is 0 Å².